The molecule has 1 fully saturated rings. The van der Waals surface area contributed by atoms with Crippen molar-refractivity contribution in [3.63, 3.8) is 0 Å². The molecule has 112 valence electrons. The summed E-state index contributed by atoms with van der Waals surface area (Å²) in [7, 11) is 0. The molecular weight excluding hydrogens is 292 g/mol. The topological polar surface area (TPSA) is 46.3 Å². The fraction of sp³-hybridized carbons (Fsp3) is 0.533. The maximum absolute atomic E-state index is 12.8. The molecular formula is C15H23ClN2OS. The largest absolute Gasteiger partial charge is 0.334 e. The Labute approximate surface area is 131 Å². The van der Waals surface area contributed by atoms with Crippen molar-refractivity contribution in [2.75, 3.05) is 19.3 Å². The van der Waals surface area contributed by atoms with Gasteiger partial charge in [-0.3, -0.25) is 4.79 Å². The van der Waals surface area contributed by atoms with Crippen LogP contribution in [0.15, 0.2) is 29.2 Å². The second-order valence-corrected chi connectivity index (χ2v) is 5.97. The highest BCUT2D eigenvalue weighted by molar-refractivity contribution is 7.98. The van der Waals surface area contributed by atoms with Gasteiger partial charge in [0.15, 0.2) is 0 Å². The first-order valence-electron chi connectivity index (χ1n) is 6.83. The van der Waals surface area contributed by atoms with Gasteiger partial charge in [0.1, 0.15) is 0 Å². The number of nitrogens with two attached hydrogens (primary N) is 1. The number of carbonyl (C=O) groups is 1. The van der Waals surface area contributed by atoms with E-state index in [0.29, 0.717) is 12.5 Å². The molecule has 2 unspecified atom stereocenters. The second-order valence-electron chi connectivity index (χ2n) is 5.12. The van der Waals surface area contributed by atoms with E-state index < -0.39 is 0 Å². The Kier molecular flexibility index (Phi) is 6.86. The fourth-order valence-corrected chi connectivity index (χ4v) is 3.43. The number of likely N-dealkylation sites (tertiary alicyclic amines) is 1. The zero-order valence-electron chi connectivity index (χ0n) is 12.0. The highest BCUT2D eigenvalue weighted by atomic mass is 35.5. The third-order valence-corrected chi connectivity index (χ3v) is 4.75. The smallest absolute Gasteiger partial charge is 0.255 e. The van der Waals surface area contributed by atoms with Gasteiger partial charge in [-0.2, -0.15) is 0 Å². The maximum Gasteiger partial charge on any atom is 0.255 e. The van der Waals surface area contributed by atoms with Crippen LogP contribution in [0.4, 0.5) is 0 Å². The molecule has 0 bridgehead atoms. The molecule has 0 saturated carbocycles. The summed E-state index contributed by atoms with van der Waals surface area (Å²) < 4.78 is 0. The Balaban J connectivity index is 0.00000200. The number of hydrogen-bond acceptors (Lipinski definition) is 3. The summed E-state index contributed by atoms with van der Waals surface area (Å²) in [6.45, 7) is 3.57. The first-order chi connectivity index (χ1) is 9.19. The van der Waals surface area contributed by atoms with E-state index in [1.165, 1.54) is 0 Å². The Bertz CT molecular complexity index is 455. The molecule has 0 spiro atoms. The molecule has 2 N–H and O–H groups in total. The van der Waals surface area contributed by atoms with Crippen LogP contribution < -0.4 is 5.73 Å². The van der Waals surface area contributed by atoms with E-state index in [1.54, 1.807) is 11.8 Å². The molecule has 1 amide bonds. The van der Waals surface area contributed by atoms with Crippen LogP contribution in [-0.4, -0.2) is 36.2 Å². The van der Waals surface area contributed by atoms with Crippen LogP contribution in [0.1, 0.15) is 30.1 Å². The summed E-state index contributed by atoms with van der Waals surface area (Å²) in [6.07, 6.45) is 4.24. The summed E-state index contributed by atoms with van der Waals surface area (Å²) >= 11 is 1.62. The molecule has 0 aromatic heterocycles. The zero-order chi connectivity index (χ0) is 13.8. The fourth-order valence-electron chi connectivity index (χ4n) is 2.84. The first-order valence-corrected chi connectivity index (χ1v) is 8.05. The van der Waals surface area contributed by atoms with Gasteiger partial charge in [-0.25, -0.2) is 0 Å². The SMILES string of the molecule is CSc1ccccc1C(=O)N1CCCC(C)C1CN.Cl. The zero-order valence-corrected chi connectivity index (χ0v) is 13.7. The third kappa shape index (κ3) is 3.48. The van der Waals surface area contributed by atoms with Crippen LogP contribution in [0.25, 0.3) is 0 Å². The lowest BCUT2D eigenvalue weighted by Crippen LogP contribution is -2.51. The standard InChI is InChI=1S/C15H22N2OS.ClH/c1-11-6-5-9-17(13(11)10-16)15(18)12-7-3-4-8-14(12)19-2;/h3-4,7-8,11,13H,5-6,9-10,16H2,1-2H3;1H. The molecule has 20 heavy (non-hydrogen) atoms. The van der Waals surface area contributed by atoms with Crippen LogP contribution in [0.3, 0.4) is 0 Å². The molecule has 1 aliphatic rings. The van der Waals surface area contributed by atoms with Crippen molar-refractivity contribution < 1.29 is 4.79 Å². The molecule has 0 aliphatic carbocycles. The van der Waals surface area contributed by atoms with Crippen LogP contribution in [0.2, 0.25) is 0 Å². The van der Waals surface area contributed by atoms with Gasteiger partial charge >= 0.3 is 0 Å². The van der Waals surface area contributed by atoms with Crippen LogP contribution in [-0.2, 0) is 0 Å². The number of rotatable bonds is 3. The summed E-state index contributed by atoms with van der Waals surface area (Å²) in [4.78, 5) is 15.8. The number of halogens is 1. The highest BCUT2D eigenvalue weighted by Crippen LogP contribution is 2.27. The number of hydrogen-bond donors (Lipinski definition) is 1. The van der Waals surface area contributed by atoms with E-state index in [1.807, 2.05) is 35.4 Å². The van der Waals surface area contributed by atoms with Gasteiger partial charge in [0, 0.05) is 24.0 Å². The van der Waals surface area contributed by atoms with Crippen molar-refractivity contribution in [1.82, 2.24) is 4.90 Å². The predicted octanol–water partition coefficient (Wildman–Crippen LogP) is 3.03. The maximum atomic E-state index is 12.8. The lowest BCUT2D eigenvalue weighted by atomic mass is 9.90. The van der Waals surface area contributed by atoms with E-state index in [0.717, 1.165) is 29.8 Å². The van der Waals surface area contributed by atoms with E-state index >= 15 is 0 Å². The number of thioether (sulfide) groups is 1. The molecule has 1 saturated heterocycles. The number of benzene rings is 1. The monoisotopic (exact) mass is 314 g/mol. The molecule has 5 heteroatoms. The van der Waals surface area contributed by atoms with Gasteiger partial charge in [-0.15, -0.1) is 24.2 Å². The lowest BCUT2D eigenvalue weighted by molar-refractivity contribution is 0.0529. The Morgan fingerprint density at radius 1 is 1.45 bits per heavy atom. The van der Waals surface area contributed by atoms with E-state index in [9.17, 15) is 4.79 Å². The van der Waals surface area contributed by atoms with E-state index in [2.05, 4.69) is 6.92 Å². The highest BCUT2D eigenvalue weighted by Gasteiger charge is 2.31. The molecule has 2 atom stereocenters. The first kappa shape index (κ1) is 17.3. The average molecular weight is 315 g/mol. The number of piperidine rings is 1. The van der Waals surface area contributed by atoms with Crippen LogP contribution >= 0.6 is 24.2 Å². The molecule has 0 radical (unpaired) electrons. The van der Waals surface area contributed by atoms with Gasteiger partial charge in [-0.1, -0.05) is 19.1 Å². The van der Waals surface area contributed by atoms with Gasteiger partial charge in [0.2, 0.25) is 0 Å². The van der Waals surface area contributed by atoms with E-state index in [4.69, 9.17) is 5.73 Å². The summed E-state index contributed by atoms with van der Waals surface area (Å²) in [5, 5.41) is 0. The lowest BCUT2D eigenvalue weighted by Gasteiger charge is -2.39. The molecule has 2 rings (SSSR count). The number of nitrogens with zero attached hydrogens (tertiary/aromatic N) is 1. The normalized spacial score (nSPS) is 22.2. The molecule has 1 heterocycles. The van der Waals surface area contributed by atoms with Crippen molar-refractivity contribution in [2.24, 2.45) is 11.7 Å². The van der Waals surface area contributed by atoms with Crippen LogP contribution in [0, 0.1) is 5.92 Å². The van der Waals surface area contributed by atoms with Gasteiger partial charge in [0.05, 0.1) is 5.56 Å². The van der Waals surface area contributed by atoms with Crippen molar-refractivity contribution in [1.29, 1.82) is 0 Å². The second kappa shape index (κ2) is 7.91. The van der Waals surface area contributed by atoms with E-state index in [-0.39, 0.29) is 24.4 Å². The number of amides is 1. The predicted molar refractivity (Wildman–Crippen MR) is 87.7 cm³/mol. The molecule has 1 aromatic carbocycles. The molecule has 1 aromatic rings. The third-order valence-electron chi connectivity index (χ3n) is 3.96. The van der Waals surface area contributed by atoms with Crippen molar-refractivity contribution in [3.8, 4) is 0 Å². The van der Waals surface area contributed by atoms with Crippen molar-refractivity contribution >= 4 is 30.1 Å². The summed E-state index contributed by atoms with van der Waals surface area (Å²) in [6, 6.07) is 8.00. The Morgan fingerprint density at radius 2 is 2.15 bits per heavy atom. The molecule has 3 nitrogen and oxygen atoms in total. The van der Waals surface area contributed by atoms with Gasteiger partial charge in [-0.05, 0) is 37.1 Å². The van der Waals surface area contributed by atoms with Gasteiger partial charge < -0.3 is 10.6 Å². The minimum absolute atomic E-state index is 0. The quantitative estimate of drug-likeness (QED) is 0.872. The Hall–Kier alpha value is -0.710. The average Bonchev–Trinajstić information content (AvgIpc) is 2.46. The van der Waals surface area contributed by atoms with Crippen molar-refractivity contribution in [3.05, 3.63) is 29.8 Å². The minimum atomic E-state index is 0. The minimum Gasteiger partial charge on any atom is -0.334 e. The van der Waals surface area contributed by atoms with Crippen molar-refractivity contribution in [2.45, 2.75) is 30.7 Å². The molecule has 1 aliphatic heterocycles. The van der Waals surface area contributed by atoms with Gasteiger partial charge in [0.25, 0.3) is 5.91 Å². The Morgan fingerprint density at radius 3 is 2.80 bits per heavy atom. The summed E-state index contributed by atoms with van der Waals surface area (Å²) in [5.74, 6) is 0.621. The van der Waals surface area contributed by atoms with Crippen LogP contribution in [0.5, 0.6) is 0 Å². The summed E-state index contributed by atoms with van der Waals surface area (Å²) in [5.41, 5.74) is 6.68. The number of carbonyl (C=O) groups excluding carboxylic acids is 1.